The maximum atomic E-state index is 13.6. The second-order valence-corrected chi connectivity index (χ2v) is 7.61. The van der Waals surface area contributed by atoms with E-state index >= 15 is 0 Å². The lowest BCUT2D eigenvalue weighted by Crippen LogP contribution is -2.34. The zero-order chi connectivity index (χ0) is 15.5. The molecule has 20 heavy (non-hydrogen) atoms. The van der Waals surface area contributed by atoms with Crippen LogP contribution in [0.2, 0.25) is 0 Å². The molecule has 0 spiro atoms. The minimum atomic E-state index is -4.34. The molecule has 0 amide bonds. The molecule has 1 aromatic rings. The highest BCUT2D eigenvalue weighted by Crippen LogP contribution is 2.22. The monoisotopic (exact) mass is 326 g/mol. The third kappa shape index (κ3) is 4.50. The predicted molar refractivity (Wildman–Crippen MR) is 74.1 cm³/mol. The zero-order valence-electron chi connectivity index (χ0n) is 11.0. The molecule has 1 aromatic carbocycles. The lowest BCUT2D eigenvalue weighted by molar-refractivity contribution is 0.507. The van der Waals surface area contributed by atoms with Crippen molar-refractivity contribution in [3.05, 3.63) is 23.8 Å². The Labute approximate surface area is 119 Å². The molecule has 0 bridgehead atoms. The van der Waals surface area contributed by atoms with Crippen molar-refractivity contribution < 1.29 is 21.4 Å². The summed E-state index contributed by atoms with van der Waals surface area (Å²) in [5.74, 6) is -2.21. The van der Waals surface area contributed by atoms with Crippen LogP contribution < -0.4 is 10.5 Å². The molecule has 0 aliphatic heterocycles. The van der Waals surface area contributed by atoms with Crippen molar-refractivity contribution in [1.82, 2.24) is 4.72 Å². The summed E-state index contributed by atoms with van der Waals surface area (Å²) < 4.78 is 64.1. The molecule has 0 fully saturated rings. The Kier molecular flexibility index (Phi) is 5.60. The van der Waals surface area contributed by atoms with Gasteiger partial charge in [-0.15, -0.1) is 0 Å². The highest BCUT2D eigenvalue weighted by atomic mass is 32.2. The average Bonchev–Trinajstić information content (AvgIpc) is 2.23. The van der Waals surface area contributed by atoms with Gasteiger partial charge in [-0.05, 0) is 25.5 Å². The standard InChI is InChI=1S/C11H16F2N2O3S2/c1-7(3-4-19(2)16)15-20(17,18)11-9(12)5-8(14)6-10(11)13/h5-7,15H,3-4,14H2,1-2H3. The van der Waals surface area contributed by atoms with E-state index in [0.29, 0.717) is 6.42 Å². The highest BCUT2D eigenvalue weighted by molar-refractivity contribution is 7.89. The van der Waals surface area contributed by atoms with Crippen LogP contribution in [-0.2, 0) is 20.8 Å². The van der Waals surface area contributed by atoms with Crippen LogP contribution in [0.3, 0.4) is 0 Å². The Morgan fingerprint density at radius 1 is 1.35 bits per heavy atom. The van der Waals surface area contributed by atoms with Crippen molar-refractivity contribution >= 4 is 26.5 Å². The van der Waals surface area contributed by atoms with Crippen LogP contribution in [0.15, 0.2) is 17.0 Å². The van der Waals surface area contributed by atoms with Crippen LogP contribution in [0, 0.1) is 11.6 Å². The smallest absolute Gasteiger partial charge is 0.246 e. The first-order chi connectivity index (χ1) is 9.13. The molecule has 5 nitrogen and oxygen atoms in total. The molecule has 0 saturated heterocycles. The van der Waals surface area contributed by atoms with Gasteiger partial charge in [0.25, 0.3) is 0 Å². The summed E-state index contributed by atoms with van der Waals surface area (Å²) in [7, 11) is -5.41. The second kappa shape index (κ2) is 6.59. The summed E-state index contributed by atoms with van der Waals surface area (Å²) in [5.41, 5.74) is 5.02. The number of rotatable bonds is 6. The number of anilines is 1. The summed E-state index contributed by atoms with van der Waals surface area (Å²) >= 11 is 0. The summed E-state index contributed by atoms with van der Waals surface area (Å²) in [6, 6.07) is 0.882. The van der Waals surface area contributed by atoms with E-state index in [0.717, 1.165) is 12.1 Å². The molecule has 0 heterocycles. The molecule has 0 aromatic heterocycles. The molecule has 2 unspecified atom stereocenters. The highest BCUT2D eigenvalue weighted by Gasteiger charge is 2.26. The number of benzene rings is 1. The molecule has 3 N–H and O–H groups in total. The van der Waals surface area contributed by atoms with Crippen molar-refractivity contribution in [2.75, 3.05) is 17.7 Å². The van der Waals surface area contributed by atoms with Gasteiger partial charge in [-0.1, -0.05) is 0 Å². The number of nitrogens with two attached hydrogens (primary N) is 1. The summed E-state index contributed by atoms with van der Waals surface area (Å²) in [6.45, 7) is 1.53. The number of hydrogen-bond donors (Lipinski definition) is 2. The molecule has 9 heteroatoms. The first-order valence-electron chi connectivity index (χ1n) is 5.70. The first kappa shape index (κ1) is 17.0. The zero-order valence-corrected chi connectivity index (χ0v) is 12.7. The van der Waals surface area contributed by atoms with Gasteiger partial charge >= 0.3 is 0 Å². The quantitative estimate of drug-likeness (QED) is 0.763. The van der Waals surface area contributed by atoms with Gasteiger partial charge in [-0.3, -0.25) is 4.21 Å². The maximum Gasteiger partial charge on any atom is 0.246 e. The van der Waals surface area contributed by atoms with E-state index in [4.69, 9.17) is 5.73 Å². The first-order valence-corrected chi connectivity index (χ1v) is 8.91. The van der Waals surface area contributed by atoms with Gasteiger partial charge in [0.05, 0.1) is 0 Å². The van der Waals surface area contributed by atoms with E-state index in [1.165, 1.54) is 13.2 Å². The molecular formula is C11H16F2N2O3S2. The van der Waals surface area contributed by atoms with E-state index in [9.17, 15) is 21.4 Å². The van der Waals surface area contributed by atoms with Crippen molar-refractivity contribution in [2.45, 2.75) is 24.3 Å². The Morgan fingerprint density at radius 3 is 2.30 bits per heavy atom. The number of halogens is 2. The van der Waals surface area contributed by atoms with Crippen LogP contribution in [0.1, 0.15) is 13.3 Å². The fourth-order valence-electron chi connectivity index (χ4n) is 1.56. The number of nitrogens with one attached hydrogen (secondary N) is 1. The lowest BCUT2D eigenvalue weighted by Gasteiger charge is -2.14. The minimum absolute atomic E-state index is 0.201. The molecule has 2 atom stereocenters. The van der Waals surface area contributed by atoms with Gasteiger partial charge < -0.3 is 5.73 Å². The third-order valence-electron chi connectivity index (χ3n) is 2.48. The van der Waals surface area contributed by atoms with Crippen LogP contribution >= 0.6 is 0 Å². The Morgan fingerprint density at radius 2 is 1.85 bits per heavy atom. The molecule has 0 radical (unpaired) electrons. The van der Waals surface area contributed by atoms with E-state index < -0.39 is 43.4 Å². The lowest BCUT2D eigenvalue weighted by atomic mass is 10.3. The SMILES string of the molecule is CC(CCS(C)=O)NS(=O)(=O)c1c(F)cc(N)cc1F. The van der Waals surface area contributed by atoms with Gasteiger partial charge in [-0.2, -0.15) is 0 Å². The van der Waals surface area contributed by atoms with Crippen LogP contribution in [0.25, 0.3) is 0 Å². The molecule has 114 valence electrons. The fourth-order valence-corrected chi connectivity index (χ4v) is 3.64. The van der Waals surface area contributed by atoms with Crippen LogP contribution in [0.5, 0.6) is 0 Å². The minimum Gasteiger partial charge on any atom is -0.399 e. The van der Waals surface area contributed by atoms with Gasteiger partial charge in [0.15, 0.2) is 4.90 Å². The topological polar surface area (TPSA) is 89.3 Å². The van der Waals surface area contributed by atoms with E-state index in [2.05, 4.69) is 4.72 Å². The maximum absolute atomic E-state index is 13.6. The number of nitrogen functional groups attached to an aromatic ring is 1. The van der Waals surface area contributed by atoms with Crippen molar-refractivity contribution in [1.29, 1.82) is 0 Å². The van der Waals surface area contributed by atoms with Gasteiger partial charge in [-0.25, -0.2) is 21.9 Å². The van der Waals surface area contributed by atoms with E-state index in [-0.39, 0.29) is 11.4 Å². The molecule has 0 saturated carbocycles. The summed E-state index contributed by atoms with van der Waals surface area (Å²) in [5, 5.41) is 0. The van der Waals surface area contributed by atoms with Crippen LogP contribution in [-0.4, -0.2) is 30.7 Å². The van der Waals surface area contributed by atoms with Gasteiger partial charge in [0.1, 0.15) is 11.6 Å². The van der Waals surface area contributed by atoms with E-state index in [1.54, 1.807) is 0 Å². The molecule has 0 aliphatic rings. The summed E-state index contributed by atoms with van der Waals surface area (Å²) in [6.07, 6.45) is 1.78. The fraction of sp³-hybridized carbons (Fsp3) is 0.455. The predicted octanol–water partition coefficient (Wildman–Crippen LogP) is 0.982. The third-order valence-corrected chi connectivity index (χ3v) is 4.93. The Balaban J connectivity index is 2.97. The van der Waals surface area contributed by atoms with Crippen molar-refractivity contribution in [3.63, 3.8) is 0 Å². The normalized spacial score (nSPS) is 15.0. The number of sulfonamides is 1. The Hall–Kier alpha value is -1.06. The second-order valence-electron chi connectivity index (χ2n) is 4.40. The van der Waals surface area contributed by atoms with Crippen molar-refractivity contribution in [2.24, 2.45) is 0 Å². The molecule has 0 aliphatic carbocycles. The van der Waals surface area contributed by atoms with Crippen LogP contribution in [0.4, 0.5) is 14.5 Å². The number of hydrogen-bond acceptors (Lipinski definition) is 4. The summed E-state index contributed by atoms with van der Waals surface area (Å²) in [4.78, 5) is -1.06. The molecule has 1 rings (SSSR count). The van der Waals surface area contributed by atoms with Crippen molar-refractivity contribution in [3.8, 4) is 0 Å². The largest absolute Gasteiger partial charge is 0.399 e. The average molecular weight is 326 g/mol. The van der Waals surface area contributed by atoms with Gasteiger partial charge in [0, 0.05) is 34.5 Å². The Bertz CT molecular complexity index is 597. The van der Waals surface area contributed by atoms with E-state index in [1.807, 2.05) is 0 Å². The van der Waals surface area contributed by atoms with Gasteiger partial charge in [0.2, 0.25) is 10.0 Å². The molecular weight excluding hydrogens is 310 g/mol.